The monoisotopic (exact) mass is 411 g/mol. The first-order chi connectivity index (χ1) is 14.1. The maximum atomic E-state index is 13.0. The van der Waals surface area contributed by atoms with Crippen molar-refractivity contribution in [3.05, 3.63) is 71.6 Å². The summed E-state index contributed by atoms with van der Waals surface area (Å²) in [6.45, 7) is 2.67. The van der Waals surface area contributed by atoms with E-state index in [1.807, 2.05) is 19.1 Å². The number of pyridine rings is 1. The molecular weight excluding hydrogens is 393 g/mol. The van der Waals surface area contributed by atoms with E-state index in [-0.39, 0.29) is 23.0 Å². The fourth-order valence-corrected chi connectivity index (χ4v) is 3.93. The highest BCUT2D eigenvalue weighted by Gasteiger charge is 2.35. The summed E-state index contributed by atoms with van der Waals surface area (Å²) in [7, 11) is 0. The number of benzene rings is 1. The largest absolute Gasteiger partial charge is 0.351 e. The summed E-state index contributed by atoms with van der Waals surface area (Å²) >= 11 is 1.33. The number of halogens is 1. The molecule has 0 radical (unpaired) electrons. The van der Waals surface area contributed by atoms with Crippen molar-refractivity contribution in [2.45, 2.75) is 31.3 Å². The van der Waals surface area contributed by atoms with Crippen LogP contribution < -0.4 is 5.32 Å². The van der Waals surface area contributed by atoms with E-state index < -0.39 is 0 Å². The van der Waals surface area contributed by atoms with Crippen molar-refractivity contribution in [2.75, 3.05) is 0 Å². The van der Waals surface area contributed by atoms with Crippen molar-refractivity contribution < 1.29 is 9.18 Å². The zero-order valence-electron chi connectivity index (χ0n) is 15.6. The van der Waals surface area contributed by atoms with Crippen LogP contribution in [0.5, 0.6) is 0 Å². The number of amides is 1. The molecule has 1 amide bonds. The molecule has 3 heterocycles. The van der Waals surface area contributed by atoms with Crippen molar-refractivity contribution >= 4 is 22.7 Å². The lowest BCUT2D eigenvalue weighted by atomic mass is 10.2. The van der Waals surface area contributed by atoms with E-state index in [1.165, 1.54) is 28.7 Å². The van der Waals surface area contributed by atoms with Gasteiger partial charge in [-0.3, -0.25) is 14.8 Å². The second-order valence-corrected chi connectivity index (χ2v) is 7.69. The first-order valence-corrected chi connectivity index (χ1v) is 9.90. The zero-order chi connectivity index (χ0) is 20.2. The molecule has 2 unspecified atom stereocenters. The molecule has 3 aromatic rings. The lowest BCUT2D eigenvalue weighted by Gasteiger charge is -2.13. The second kappa shape index (κ2) is 8.48. The first kappa shape index (κ1) is 19.2. The Morgan fingerprint density at radius 3 is 2.83 bits per heavy atom. The van der Waals surface area contributed by atoms with E-state index in [9.17, 15) is 9.18 Å². The molecule has 2 aromatic heterocycles. The number of nitrogens with zero attached hydrogens (tertiary/aromatic N) is 6. The number of aromatic nitrogens is 5. The average Bonchev–Trinajstić information content (AvgIpc) is 3.35. The predicted octanol–water partition coefficient (Wildman–Crippen LogP) is 1.82. The number of hydrogen-bond donors (Lipinski definition) is 1. The Morgan fingerprint density at radius 1 is 1.24 bits per heavy atom. The maximum Gasteiger partial charge on any atom is 0.236 e. The molecule has 0 fully saturated rings. The van der Waals surface area contributed by atoms with Gasteiger partial charge in [0.25, 0.3) is 0 Å². The van der Waals surface area contributed by atoms with Gasteiger partial charge in [0.05, 0.1) is 12.6 Å². The number of aliphatic imine (C=N–C) groups is 1. The minimum absolute atomic E-state index is 0.0937. The van der Waals surface area contributed by atoms with E-state index in [0.29, 0.717) is 24.0 Å². The van der Waals surface area contributed by atoms with E-state index in [1.54, 1.807) is 24.5 Å². The standard InChI is InChI=1S/C19H18FN7OS/c1-12-16(18(28)22-10-14-3-2-8-21-9-14)29-19(23-12)17-24-26-27(25-17)11-13-4-6-15(20)7-5-13/h2-9,12,16H,10-11H2,1H3,(H,22,28). The van der Waals surface area contributed by atoms with Gasteiger partial charge in [-0.25, -0.2) is 4.39 Å². The molecular formula is C19H18FN7OS. The molecule has 4 rings (SSSR count). The topological polar surface area (TPSA) is 98.0 Å². The van der Waals surface area contributed by atoms with Gasteiger partial charge in [-0.2, -0.15) is 4.80 Å². The van der Waals surface area contributed by atoms with Crippen LogP contribution in [-0.4, -0.2) is 47.4 Å². The molecule has 1 N–H and O–H groups in total. The number of tetrazole rings is 1. The highest BCUT2D eigenvalue weighted by molar-refractivity contribution is 8.15. The van der Waals surface area contributed by atoms with Gasteiger partial charge in [-0.1, -0.05) is 30.0 Å². The Hall–Kier alpha value is -3.14. The van der Waals surface area contributed by atoms with E-state index in [2.05, 4.69) is 30.7 Å². The van der Waals surface area contributed by atoms with Crippen molar-refractivity contribution in [3.63, 3.8) is 0 Å². The number of thioether (sulfide) groups is 1. The van der Waals surface area contributed by atoms with Gasteiger partial charge in [-0.15, -0.1) is 10.2 Å². The number of carbonyl (C=O) groups is 1. The molecule has 0 bridgehead atoms. The SMILES string of the molecule is CC1N=C(c2nnn(Cc3ccc(F)cc3)n2)SC1C(=O)NCc1cccnc1. The van der Waals surface area contributed by atoms with Crippen molar-refractivity contribution in [1.82, 2.24) is 30.5 Å². The van der Waals surface area contributed by atoms with Gasteiger partial charge < -0.3 is 5.32 Å². The molecule has 0 spiro atoms. The third-order valence-electron chi connectivity index (χ3n) is 4.33. The summed E-state index contributed by atoms with van der Waals surface area (Å²) in [6.07, 6.45) is 3.41. The van der Waals surface area contributed by atoms with Gasteiger partial charge in [0, 0.05) is 18.9 Å². The predicted molar refractivity (Wildman–Crippen MR) is 107 cm³/mol. The molecule has 0 aliphatic carbocycles. The number of rotatable bonds is 6. The second-order valence-electron chi connectivity index (χ2n) is 6.56. The summed E-state index contributed by atoms with van der Waals surface area (Å²) in [5.74, 6) is -0.00476. The van der Waals surface area contributed by atoms with Crippen LogP contribution >= 0.6 is 11.8 Å². The Morgan fingerprint density at radius 2 is 2.07 bits per heavy atom. The lowest BCUT2D eigenvalue weighted by molar-refractivity contribution is -0.120. The third kappa shape index (κ3) is 4.65. The normalized spacial score (nSPS) is 18.5. The summed E-state index contributed by atoms with van der Waals surface area (Å²) in [5, 5.41) is 15.6. The smallest absolute Gasteiger partial charge is 0.236 e. The first-order valence-electron chi connectivity index (χ1n) is 9.02. The number of carbonyl (C=O) groups excluding carboxylic acids is 1. The van der Waals surface area contributed by atoms with Crippen LogP contribution in [-0.2, 0) is 17.9 Å². The summed E-state index contributed by atoms with van der Waals surface area (Å²) in [6, 6.07) is 9.66. The minimum atomic E-state index is -0.356. The van der Waals surface area contributed by atoms with Crippen LogP contribution in [0.15, 0.2) is 53.8 Å². The maximum absolute atomic E-state index is 13.0. The number of hydrogen-bond acceptors (Lipinski definition) is 7. The highest BCUT2D eigenvalue weighted by Crippen LogP contribution is 2.29. The molecule has 29 heavy (non-hydrogen) atoms. The molecule has 1 aliphatic heterocycles. The Balaban J connectivity index is 1.36. The van der Waals surface area contributed by atoms with Gasteiger partial charge in [-0.05, 0) is 41.5 Å². The van der Waals surface area contributed by atoms with Crippen LogP contribution in [0, 0.1) is 5.82 Å². The van der Waals surface area contributed by atoms with Crippen molar-refractivity contribution in [3.8, 4) is 0 Å². The van der Waals surface area contributed by atoms with Gasteiger partial charge in [0.1, 0.15) is 16.1 Å². The minimum Gasteiger partial charge on any atom is -0.351 e. The molecule has 0 saturated heterocycles. The fraction of sp³-hybridized carbons (Fsp3) is 0.263. The van der Waals surface area contributed by atoms with Gasteiger partial charge >= 0.3 is 0 Å². The number of nitrogens with one attached hydrogen (secondary N) is 1. The van der Waals surface area contributed by atoms with Crippen LogP contribution in [0.1, 0.15) is 23.9 Å². The Kier molecular flexibility index (Phi) is 5.61. The van der Waals surface area contributed by atoms with Crippen LogP contribution in [0.25, 0.3) is 0 Å². The molecule has 1 aromatic carbocycles. The third-order valence-corrected chi connectivity index (χ3v) is 5.70. The average molecular weight is 411 g/mol. The molecule has 8 nitrogen and oxygen atoms in total. The van der Waals surface area contributed by atoms with Crippen LogP contribution in [0.2, 0.25) is 0 Å². The van der Waals surface area contributed by atoms with E-state index in [0.717, 1.165) is 11.1 Å². The summed E-state index contributed by atoms with van der Waals surface area (Å²) in [4.78, 5) is 22.6. The lowest BCUT2D eigenvalue weighted by Crippen LogP contribution is -2.36. The van der Waals surface area contributed by atoms with Crippen molar-refractivity contribution in [2.24, 2.45) is 4.99 Å². The highest BCUT2D eigenvalue weighted by atomic mass is 32.2. The van der Waals surface area contributed by atoms with E-state index in [4.69, 9.17) is 0 Å². The van der Waals surface area contributed by atoms with Gasteiger partial charge in [0.2, 0.25) is 11.7 Å². The van der Waals surface area contributed by atoms with E-state index >= 15 is 0 Å². The van der Waals surface area contributed by atoms with Gasteiger partial charge in [0.15, 0.2) is 0 Å². The van der Waals surface area contributed by atoms with Crippen LogP contribution in [0.4, 0.5) is 4.39 Å². The fourth-order valence-electron chi connectivity index (χ4n) is 2.83. The molecule has 148 valence electrons. The van der Waals surface area contributed by atoms with Crippen LogP contribution in [0.3, 0.4) is 0 Å². The molecule has 10 heteroatoms. The molecule has 1 aliphatic rings. The Labute approximate surface area is 170 Å². The molecule has 2 atom stereocenters. The summed E-state index contributed by atoms with van der Waals surface area (Å²) < 4.78 is 13.0. The van der Waals surface area contributed by atoms with Crippen molar-refractivity contribution in [1.29, 1.82) is 0 Å². The quantitative estimate of drug-likeness (QED) is 0.665. The zero-order valence-corrected chi connectivity index (χ0v) is 16.4. The summed E-state index contributed by atoms with van der Waals surface area (Å²) in [5.41, 5.74) is 1.79. The molecule has 0 saturated carbocycles. The Bertz CT molecular complexity index is 1020.